The van der Waals surface area contributed by atoms with Crippen molar-refractivity contribution in [3.8, 4) is 11.1 Å². The average molecular weight is 634 g/mol. The Kier molecular flexibility index (Phi) is 6.08. The van der Waals surface area contributed by atoms with Crippen molar-refractivity contribution in [1.82, 2.24) is 5.32 Å². The van der Waals surface area contributed by atoms with Gasteiger partial charge >= 0.3 is 0 Å². The highest BCUT2D eigenvalue weighted by molar-refractivity contribution is 7.25. The Morgan fingerprint density at radius 1 is 0.562 bits per heavy atom. The maximum absolute atomic E-state index is 6.61. The van der Waals surface area contributed by atoms with E-state index in [-0.39, 0.29) is 6.17 Å². The van der Waals surface area contributed by atoms with Gasteiger partial charge in [0, 0.05) is 42.1 Å². The molecule has 10 rings (SSSR count). The summed E-state index contributed by atoms with van der Waals surface area (Å²) in [6, 6.07) is 53.3. The number of fused-ring (bicyclic) bond motifs is 7. The molecule has 0 radical (unpaired) electrons. The summed E-state index contributed by atoms with van der Waals surface area (Å²) in [5.41, 5.74) is 6.94. The molecule has 0 amide bonds. The molecule has 0 saturated heterocycles. The van der Waals surface area contributed by atoms with Crippen molar-refractivity contribution < 1.29 is 4.42 Å². The molecule has 1 aliphatic rings. The minimum atomic E-state index is -0.320. The number of thiophene rings is 1. The lowest BCUT2D eigenvalue weighted by molar-refractivity contribution is 0.668. The number of rotatable bonds is 4. The zero-order valence-corrected chi connectivity index (χ0v) is 26.5. The summed E-state index contributed by atoms with van der Waals surface area (Å²) in [4.78, 5) is 10.4. The van der Waals surface area contributed by atoms with Gasteiger partial charge in [-0.3, -0.25) is 0 Å². The zero-order chi connectivity index (χ0) is 31.6. The number of amidine groups is 2. The van der Waals surface area contributed by atoms with Gasteiger partial charge in [-0.1, -0.05) is 109 Å². The molecule has 48 heavy (non-hydrogen) atoms. The van der Waals surface area contributed by atoms with Crippen molar-refractivity contribution in [2.75, 3.05) is 0 Å². The van der Waals surface area contributed by atoms with E-state index in [2.05, 4.69) is 133 Å². The molecule has 0 aliphatic carbocycles. The molecule has 226 valence electrons. The number of benzene rings is 7. The third-order valence-corrected chi connectivity index (χ3v) is 10.5. The zero-order valence-electron chi connectivity index (χ0n) is 25.7. The maximum atomic E-state index is 6.61. The van der Waals surface area contributed by atoms with Crippen molar-refractivity contribution in [2.24, 2.45) is 9.98 Å². The van der Waals surface area contributed by atoms with E-state index in [0.29, 0.717) is 5.84 Å². The summed E-state index contributed by atoms with van der Waals surface area (Å²) in [5, 5.41) is 10.7. The van der Waals surface area contributed by atoms with Crippen molar-refractivity contribution in [3.05, 3.63) is 168 Å². The number of furan rings is 1. The van der Waals surface area contributed by atoms with E-state index in [1.54, 1.807) is 0 Å². The van der Waals surface area contributed by atoms with Crippen LogP contribution >= 0.6 is 11.3 Å². The number of aliphatic imine (C=N–C) groups is 2. The molecule has 2 aromatic heterocycles. The number of hydrogen-bond acceptors (Lipinski definition) is 5. The van der Waals surface area contributed by atoms with Crippen molar-refractivity contribution in [3.63, 3.8) is 0 Å². The largest absolute Gasteiger partial charge is 0.456 e. The Bertz CT molecular complexity index is 2760. The lowest BCUT2D eigenvalue weighted by Crippen LogP contribution is -2.34. The van der Waals surface area contributed by atoms with Crippen LogP contribution in [-0.4, -0.2) is 11.7 Å². The highest BCUT2D eigenvalue weighted by Gasteiger charge is 2.27. The first-order valence-electron chi connectivity index (χ1n) is 16.1. The van der Waals surface area contributed by atoms with E-state index in [4.69, 9.17) is 14.4 Å². The predicted octanol–water partition coefficient (Wildman–Crippen LogP) is 11.3. The quantitative estimate of drug-likeness (QED) is 0.210. The molecular formula is C43H27N3OS. The molecule has 0 spiro atoms. The monoisotopic (exact) mass is 633 g/mol. The fourth-order valence-corrected chi connectivity index (χ4v) is 8.12. The molecule has 0 saturated carbocycles. The summed E-state index contributed by atoms with van der Waals surface area (Å²) in [7, 11) is 0. The molecule has 1 atom stereocenters. The van der Waals surface area contributed by atoms with Crippen LogP contribution in [0.25, 0.3) is 64.0 Å². The molecule has 9 aromatic rings. The fourth-order valence-electron chi connectivity index (χ4n) is 7.03. The van der Waals surface area contributed by atoms with E-state index in [1.165, 1.54) is 25.6 Å². The average Bonchev–Trinajstić information content (AvgIpc) is 3.71. The lowest BCUT2D eigenvalue weighted by Gasteiger charge is -2.25. The van der Waals surface area contributed by atoms with Gasteiger partial charge < -0.3 is 9.73 Å². The normalized spacial score (nSPS) is 14.9. The topological polar surface area (TPSA) is 49.9 Å². The molecule has 1 aliphatic heterocycles. The Hall–Kier alpha value is -6.04. The summed E-state index contributed by atoms with van der Waals surface area (Å²) < 4.78 is 9.18. The second kappa shape index (κ2) is 10.8. The maximum Gasteiger partial charge on any atom is 0.159 e. The summed E-state index contributed by atoms with van der Waals surface area (Å²) in [6.07, 6.45) is -0.320. The highest BCUT2D eigenvalue weighted by atomic mass is 32.1. The van der Waals surface area contributed by atoms with Gasteiger partial charge in [-0.05, 0) is 69.9 Å². The molecular weight excluding hydrogens is 607 g/mol. The fraction of sp³-hybridized carbons (Fsp3) is 0.0233. The van der Waals surface area contributed by atoms with Crippen LogP contribution in [0.3, 0.4) is 0 Å². The molecule has 5 heteroatoms. The Labute approximate surface area is 280 Å². The molecule has 4 nitrogen and oxygen atoms in total. The first kappa shape index (κ1) is 27.1. The Morgan fingerprint density at radius 2 is 1.29 bits per heavy atom. The van der Waals surface area contributed by atoms with Gasteiger partial charge in [-0.25, -0.2) is 9.98 Å². The van der Waals surface area contributed by atoms with Gasteiger partial charge in [0.25, 0.3) is 0 Å². The first-order chi connectivity index (χ1) is 23.8. The molecule has 1 N–H and O–H groups in total. The van der Waals surface area contributed by atoms with Crippen molar-refractivity contribution in [2.45, 2.75) is 6.17 Å². The van der Waals surface area contributed by atoms with Gasteiger partial charge in [-0.2, -0.15) is 0 Å². The molecule has 1 unspecified atom stereocenters. The van der Waals surface area contributed by atoms with Gasteiger partial charge in [0.1, 0.15) is 23.2 Å². The van der Waals surface area contributed by atoms with E-state index in [9.17, 15) is 0 Å². The number of nitrogens with zero attached hydrogens (tertiary/aromatic N) is 2. The predicted molar refractivity (Wildman–Crippen MR) is 201 cm³/mol. The lowest BCUT2D eigenvalue weighted by atomic mass is 9.92. The molecule has 0 fully saturated rings. The minimum Gasteiger partial charge on any atom is -0.456 e. The minimum absolute atomic E-state index is 0.320. The Morgan fingerprint density at radius 3 is 2.15 bits per heavy atom. The number of hydrogen-bond donors (Lipinski definition) is 1. The van der Waals surface area contributed by atoms with E-state index in [0.717, 1.165) is 61.0 Å². The highest BCUT2D eigenvalue weighted by Crippen LogP contribution is 2.42. The third kappa shape index (κ3) is 4.36. The van der Waals surface area contributed by atoms with Crippen LogP contribution in [0.15, 0.2) is 166 Å². The van der Waals surface area contributed by atoms with E-state index in [1.807, 2.05) is 35.6 Å². The van der Waals surface area contributed by atoms with Crippen molar-refractivity contribution >= 4 is 75.9 Å². The smallest absolute Gasteiger partial charge is 0.159 e. The van der Waals surface area contributed by atoms with E-state index >= 15 is 0 Å². The molecule has 3 heterocycles. The van der Waals surface area contributed by atoms with Crippen LogP contribution in [0.5, 0.6) is 0 Å². The van der Waals surface area contributed by atoms with Crippen LogP contribution in [-0.2, 0) is 0 Å². The molecule has 0 bridgehead atoms. The third-order valence-electron chi connectivity index (χ3n) is 9.32. The van der Waals surface area contributed by atoms with Crippen LogP contribution < -0.4 is 5.32 Å². The van der Waals surface area contributed by atoms with Crippen LogP contribution in [0, 0.1) is 0 Å². The van der Waals surface area contributed by atoms with Crippen LogP contribution in [0.1, 0.15) is 22.9 Å². The molecule has 7 aromatic carbocycles. The summed E-state index contributed by atoms with van der Waals surface area (Å²) in [5.74, 6) is 1.46. The Balaban J connectivity index is 1.28. The van der Waals surface area contributed by atoms with Crippen LogP contribution in [0.4, 0.5) is 0 Å². The SMILES string of the molecule is c1ccc(C2=NC(c3ccccc3)NC(c3c(-c4ccc5sc6ccccc6c5c4)ccc4oc5cc6ccccc6cc5c34)=N2)cc1. The van der Waals surface area contributed by atoms with Gasteiger partial charge in [0.2, 0.25) is 0 Å². The second-order valence-corrected chi connectivity index (χ2v) is 13.3. The summed E-state index contributed by atoms with van der Waals surface area (Å²) in [6.45, 7) is 0. The van der Waals surface area contributed by atoms with Gasteiger partial charge in [-0.15, -0.1) is 11.3 Å². The van der Waals surface area contributed by atoms with E-state index < -0.39 is 0 Å². The van der Waals surface area contributed by atoms with Gasteiger partial charge in [0.15, 0.2) is 5.84 Å². The second-order valence-electron chi connectivity index (χ2n) is 12.2. The first-order valence-corrected chi connectivity index (χ1v) is 16.9. The van der Waals surface area contributed by atoms with Crippen LogP contribution in [0.2, 0.25) is 0 Å². The van der Waals surface area contributed by atoms with Crippen molar-refractivity contribution in [1.29, 1.82) is 0 Å². The van der Waals surface area contributed by atoms with Gasteiger partial charge in [0.05, 0.1) is 0 Å². The summed E-state index contributed by atoms with van der Waals surface area (Å²) >= 11 is 1.83. The standard InChI is InChI=1S/C43H27N3OS/c1-3-11-26(12-4-1)41-44-42(27-13-5-2-6-14-27)46-43(45-41)40-31(30-19-22-38-33(24-30)32-17-9-10-18-37(32)48-38)20-21-35-39(40)34-23-28-15-7-8-16-29(28)25-36(34)47-35/h1-25,41H,(H,44,45,46). The number of nitrogens with one attached hydrogen (secondary N) is 1.